The Kier molecular flexibility index (Phi) is 24.9. The van der Waals surface area contributed by atoms with Crippen LogP contribution in [-0.2, 0) is 66.8 Å². The molecule has 0 saturated heterocycles. The predicted octanol–water partition coefficient (Wildman–Crippen LogP) is 4.13. The zero-order chi connectivity index (χ0) is 39.0. The molecule has 1 N–H and O–H groups in total. The molecule has 0 saturated carbocycles. The minimum Gasteiger partial charge on any atom is -0.468 e. The van der Waals surface area contributed by atoms with E-state index in [2.05, 4.69) is 21.2 Å². The van der Waals surface area contributed by atoms with Gasteiger partial charge < -0.3 is 33.7 Å². The Bertz CT molecular complexity index is 1170. The number of esters is 6. The summed E-state index contributed by atoms with van der Waals surface area (Å²) in [6, 6.07) is 0. The van der Waals surface area contributed by atoms with E-state index in [1.165, 1.54) is 7.11 Å². The van der Waals surface area contributed by atoms with Crippen LogP contribution in [0, 0.1) is 5.41 Å². The number of nitrogens with one attached hydrogen (secondary N) is 1. The highest BCUT2D eigenvalue weighted by Gasteiger charge is 2.47. The standard InChI is InChI=1S/C34H54BrNO14S/c1-22(37)46-20-27(47-23(2)38)28(48-24(3)39)29(49-25(4)40)30(50-26(5)41)31(42)36-18-16-14-12-10-8-9-11-13-15-17-19-51-33(44)34(6,21-35)32(43)45-7/h27-30H,8-21H2,1-7H3,(H,36,42)/t27-,28-,29+,30-,34?/m1/s1. The molecule has 0 bridgehead atoms. The fourth-order valence-corrected chi connectivity index (χ4v) is 6.47. The summed E-state index contributed by atoms with van der Waals surface area (Å²) in [7, 11) is 1.27. The van der Waals surface area contributed by atoms with Crippen LogP contribution in [-0.4, -0.2) is 103 Å². The molecule has 51 heavy (non-hydrogen) atoms. The second-order valence-corrected chi connectivity index (χ2v) is 13.7. The topological polar surface area (TPSA) is 204 Å². The van der Waals surface area contributed by atoms with Gasteiger partial charge in [-0.3, -0.25) is 38.4 Å². The maximum Gasteiger partial charge on any atom is 0.320 e. The number of rotatable bonds is 26. The van der Waals surface area contributed by atoms with Gasteiger partial charge in [-0.1, -0.05) is 79.1 Å². The van der Waals surface area contributed by atoms with E-state index in [0.717, 1.165) is 104 Å². The SMILES string of the molecule is COC(=O)C(C)(CBr)C(=O)SCCCCCCCCCCCCNC(=O)[C@H](OC(C)=O)[C@@H](OC(C)=O)[C@H](OC(C)=O)[C@@H](COC(C)=O)OC(C)=O. The monoisotopic (exact) mass is 811 g/mol. The van der Waals surface area contributed by atoms with E-state index in [1.807, 2.05) is 0 Å². The molecule has 0 aliphatic rings. The zero-order valence-corrected chi connectivity index (χ0v) is 33.1. The van der Waals surface area contributed by atoms with Gasteiger partial charge in [0.05, 0.1) is 7.11 Å². The fraction of sp³-hybridized carbons (Fsp3) is 0.765. The molecule has 0 radical (unpaired) electrons. The maximum atomic E-state index is 13.3. The minimum atomic E-state index is -1.81. The summed E-state index contributed by atoms with van der Waals surface area (Å²) in [5, 5.41) is 2.67. The first-order chi connectivity index (χ1) is 24.0. The first kappa shape index (κ1) is 47.8. The van der Waals surface area contributed by atoms with Crippen LogP contribution >= 0.6 is 27.7 Å². The summed E-state index contributed by atoms with van der Waals surface area (Å²) < 4.78 is 30.7. The zero-order valence-electron chi connectivity index (χ0n) is 30.7. The number of alkyl halides is 1. The van der Waals surface area contributed by atoms with Crippen molar-refractivity contribution in [2.24, 2.45) is 5.41 Å². The molecule has 0 aromatic heterocycles. The average molecular weight is 813 g/mol. The summed E-state index contributed by atoms with van der Waals surface area (Å²) in [5.41, 5.74) is -1.19. The molecule has 0 heterocycles. The average Bonchev–Trinajstić information content (AvgIpc) is 3.05. The molecule has 0 aliphatic carbocycles. The highest BCUT2D eigenvalue weighted by atomic mass is 79.9. The van der Waals surface area contributed by atoms with Crippen LogP contribution in [0.25, 0.3) is 0 Å². The Morgan fingerprint density at radius 3 is 1.57 bits per heavy atom. The van der Waals surface area contributed by atoms with Crippen molar-refractivity contribution < 1.29 is 66.8 Å². The van der Waals surface area contributed by atoms with Crippen molar-refractivity contribution >= 4 is 74.5 Å². The van der Waals surface area contributed by atoms with Gasteiger partial charge in [0, 0.05) is 52.2 Å². The largest absolute Gasteiger partial charge is 0.468 e. The van der Waals surface area contributed by atoms with Gasteiger partial charge in [-0.05, 0) is 19.8 Å². The number of hydrogen-bond donors (Lipinski definition) is 1. The van der Waals surface area contributed by atoms with Gasteiger partial charge in [-0.15, -0.1) is 0 Å². The van der Waals surface area contributed by atoms with Crippen molar-refractivity contribution in [2.75, 3.05) is 31.3 Å². The van der Waals surface area contributed by atoms with Crippen LogP contribution in [0.15, 0.2) is 0 Å². The van der Waals surface area contributed by atoms with E-state index in [1.54, 1.807) is 6.92 Å². The lowest BCUT2D eigenvalue weighted by molar-refractivity contribution is -0.203. The van der Waals surface area contributed by atoms with Crippen LogP contribution < -0.4 is 5.32 Å². The molecule has 5 atom stereocenters. The first-order valence-electron chi connectivity index (χ1n) is 16.9. The fourth-order valence-electron chi connectivity index (χ4n) is 4.79. The van der Waals surface area contributed by atoms with E-state index in [4.69, 9.17) is 28.4 Å². The third-order valence-corrected chi connectivity index (χ3v) is 9.70. The maximum absolute atomic E-state index is 13.3. The highest BCUT2D eigenvalue weighted by molar-refractivity contribution is 9.09. The van der Waals surface area contributed by atoms with E-state index >= 15 is 0 Å². The Balaban J connectivity index is 4.91. The normalized spacial score (nSPS) is 14.4. The van der Waals surface area contributed by atoms with Crippen LogP contribution in [0.3, 0.4) is 0 Å². The lowest BCUT2D eigenvalue weighted by atomic mass is 9.96. The second kappa shape index (κ2) is 26.5. The van der Waals surface area contributed by atoms with E-state index < -0.39 is 78.2 Å². The molecule has 0 aliphatic heterocycles. The highest BCUT2D eigenvalue weighted by Crippen LogP contribution is 2.29. The van der Waals surface area contributed by atoms with Crippen molar-refractivity contribution in [2.45, 2.75) is 130 Å². The van der Waals surface area contributed by atoms with E-state index in [9.17, 15) is 38.4 Å². The summed E-state index contributed by atoms with van der Waals surface area (Å²) in [6.45, 7) is 6.40. The second-order valence-electron chi connectivity index (χ2n) is 12.0. The Labute approximate surface area is 312 Å². The number of halogens is 1. The van der Waals surface area contributed by atoms with Crippen molar-refractivity contribution in [3.05, 3.63) is 0 Å². The van der Waals surface area contributed by atoms with Gasteiger partial charge >= 0.3 is 35.8 Å². The molecule has 0 spiro atoms. The minimum absolute atomic E-state index is 0.198. The van der Waals surface area contributed by atoms with Gasteiger partial charge in [0.2, 0.25) is 11.2 Å². The molecule has 0 aromatic rings. The van der Waals surface area contributed by atoms with Crippen LogP contribution in [0.1, 0.15) is 106 Å². The predicted molar refractivity (Wildman–Crippen MR) is 189 cm³/mol. The third-order valence-electron chi connectivity index (χ3n) is 7.37. The smallest absolute Gasteiger partial charge is 0.320 e. The Hall–Kier alpha value is -3.21. The Morgan fingerprint density at radius 2 is 1.12 bits per heavy atom. The molecule has 15 nitrogen and oxygen atoms in total. The molecule has 1 amide bonds. The molecule has 0 rings (SSSR count). The lowest BCUT2D eigenvalue weighted by Crippen LogP contribution is -2.57. The van der Waals surface area contributed by atoms with Crippen molar-refractivity contribution in [1.82, 2.24) is 5.32 Å². The molecule has 17 heteroatoms. The number of amides is 1. The van der Waals surface area contributed by atoms with Gasteiger partial charge in [0.1, 0.15) is 12.0 Å². The molecule has 292 valence electrons. The van der Waals surface area contributed by atoms with Gasteiger partial charge in [-0.2, -0.15) is 0 Å². The van der Waals surface area contributed by atoms with Crippen molar-refractivity contribution in [1.29, 1.82) is 0 Å². The Morgan fingerprint density at radius 1 is 0.647 bits per heavy atom. The summed E-state index contributed by atoms with van der Waals surface area (Å²) in [5.74, 6) is -5.06. The summed E-state index contributed by atoms with van der Waals surface area (Å²) in [4.78, 5) is 97.1. The lowest BCUT2D eigenvalue weighted by Gasteiger charge is -2.34. The number of methoxy groups -OCH3 is 1. The summed E-state index contributed by atoms with van der Waals surface area (Å²) in [6.07, 6.45) is 2.69. The quantitative estimate of drug-likeness (QED) is 0.0429. The number of hydrogen-bond acceptors (Lipinski definition) is 15. The molecular formula is C34H54BrNO14S. The third kappa shape index (κ3) is 20.4. The number of thioether (sulfide) groups is 1. The number of carbonyl (C=O) groups is 8. The van der Waals surface area contributed by atoms with Gasteiger partial charge in [0.25, 0.3) is 5.91 Å². The van der Waals surface area contributed by atoms with Crippen molar-refractivity contribution in [3.8, 4) is 0 Å². The molecule has 0 fully saturated rings. The molecule has 0 aromatic carbocycles. The van der Waals surface area contributed by atoms with E-state index in [-0.39, 0.29) is 17.0 Å². The summed E-state index contributed by atoms with van der Waals surface area (Å²) >= 11 is 4.40. The number of carbonyl (C=O) groups excluding carboxylic acids is 8. The van der Waals surface area contributed by atoms with Gasteiger partial charge in [-0.25, -0.2) is 0 Å². The van der Waals surface area contributed by atoms with Crippen molar-refractivity contribution in [3.63, 3.8) is 0 Å². The van der Waals surface area contributed by atoms with Crippen LogP contribution in [0.2, 0.25) is 0 Å². The molecular weight excluding hydrogens is 758 g/mol. The molecule has 1 unspecified atom stereocenters. The first-order valence-corrected chi connectivity index (χ1v) is 19.0. The number of ether oxygens (including phenoxy) is 6. The number of unbranched alkanes of at least 4 members (excludes halogenated alkanes) is 9. The van der Waals surface area contributed by atoms with Crippen LogP contribution in [0.5, 0.6) is 0 Å². The van der Waals surface area contributed by atoms with E-state index in [0.29, 0.717) is 12.2 Å². The van der Waals surface area contributed by atoms with Crippen LogP contribution in [0.4, 0.5) is 0 Å². The van der Waals surface area contributed by atoms with Gasteiger partial charge in [0.15, 0.2) is 18.3 Å².